The van der Waals surface area contributed by atoms with Crippen molar-refractivity contribution in [2.75, 3.05) is 38.6 Å². The number of aromatic nitrogens is 2. The molecule has 118 valence electrons. The van der Waals surface area contributed by atoms with Crippen LogP contribution in [0.15, 0.2) is 10.7 Å². The fraction of sp³-hybridized carbons (Fsp3) is 0.750. The molecule has 1 aliphatic heterocycles. The zero-order valence-corrected chi connectivity index (χ0v) is 15.4. The summed E-state index contributed by atoms with van der Waals surface area (Å²) in [6.45, 7) is 9.93. The lowest BCUT2D eigenvalue weighted by atomic mass is 9.95. The second-order valence-electron chi connectivity index (χ2n) is 7.25. The Labute approximate surface area is 137 Å². The third-order valence-corrected chi connectivity index (χ3v) is 4.52. The Morgan fingerprint density at radius 1 is 1.29 bits per heavy atom. The molecule has 1 saturated heterocycles. The van der Waals surface area contributed by atoms with Gasteiger partial charge in [-0.25, -0.2) is 9.97 Å². The van der Waals surface area contributed by atoms with Gasteiger partial charge in [-0.15, -0.1) is 0 Å². The van der Waals surface area contributed by atoms with E-state index in [-0.39, 0.29) is 5.41 Å². The van der Waals surface area contributed by atoms with Gasteiger partial charge < -0.3 is 9.80 Å². The molecule has 0 bridgehead atoms. The van der Waals surface area contributed by atoms with Crippen molar-refractivity contribution in [1.82, 2.24) is 14.9 Å². The molecule has 1 aromatic heterocycles. The third kappa shape index (κ3) is 4.65. The standard InChI is InChI=1S/C16H27BrN4/c1-16(2,3)15-18-13(17)10-14(19-15)21(5)11-12-6-8-20(4)9-7-12/h10,12H,6-9,11H2,1-5H3. The van der Waals surface area contributed by atoms with E-state index in [1.165, 1.54) is 25.9 Å². The molecule has 0 aromatic carbocycles. The quantitative estimate of drug-likeness (QED) is 0.779. The number of anilines is 1. The lowest BCUT2D eigenvalue weighted by molar-refractivity contribution is 0.222. The van der Waals surface area contributed by atoms with Gasteiger partial charge in [-0.05, 0) is 54.8 Å². The molecule has 0 amide bonds. The van der Waals surface area contributed by atoms with Gasteiger partial charge in [0.25, 0.3) is 0 Å². The van der Waals surface area contributed by atoms with Gasteiger partial charge in [0.05, 0.1) is 0 Å². The summed E-state index contributed by atoms with van der Waals surface area (Å²) in [6.07, 6.45) is 2.55. The fourth-order valence-corrected chi connectivity index (χ4v) is 3.03. The van der Waals surface area contributed by atoms with Crippen LogP contribution in [-0.2, 0) is 5.41 Å². The van der Waals surface area contributed by atoms with Gasteiger partial charge in [-0.3, -0.25) is 0 Å². The monoisotopic (exact) mass is 354 g/mol. The van der Waals surface area contributed by atoms with Crippen LogP contribution < -0.4 is 4.90 Å². The van der Waals surface area contributed by atoms with Crippen molar-refractivity contribution in [3.63, 3.8) is 0 Å². The van der Waals surface area contributed by atoms with E-state index in [0.29, 0.717) is 0 Å². The minimum Gasteiger partial charge on any atom is -0.359 e. The summed E-state index contributed by atoms with van der Waals surface area (Å²) in [6, 6.07) is 2.02. The summed E-state index contributed by atoms with van der Waals surface area (Å²) in [4.78, 5) is 14.0. The van der Waals surface area contributed by atoms with Crippen molar-refractivity contribution in [1.29, 1.82) is 0 Å². The zero-order chi connectivity index (χ0) is 15.6. The molecule has 5 heteroatoms. The van der Waals surface area contributed by atoms with Gasteiger partial charge in [0.1, 0.15) is 16.2 Å². The van der Waals surface area contributed by atoms with Crippen LogP contribution in [0.4, 0.5) is 5.82 Å². The molecule has 0 atom stereocenters. The van der Waals surface area contributed by atoms with Gasteiger partial charge in [-0.2, -0.15) is 0 Å². The minimum atomic E-state index is -0.0348. The van der Waals surface area contributed by atoms with Crippen LogP contribution in [0.5, 0.6) is 0 Å². The maximum atomic E-state index is 4.76. The van der Waals surface area contributed by atoms with Gasteiger partial charge in [0, 0.05) is 25.1 Å². The summed E-state index contributed by atoms with van der Waals surface area (Å²) < 4.78 is 0.868. The van der Waals surface area contributed by atoms with Gasteiger partial charge >= 0.3 is 0 Å². The Morgan fingerprint density at radius 3 is 2.48 bits per heavy atom. The highest BCUT2D eigenvalue weighted by Gasteiger charge is 2.22. The van der Waals surface area contributed by atoms with Crippen LogP contribution >= 0.6 is 15.9 Å². The highest BCUT2D eigenvalue weighted by atomic mass is 79.9. The molecule has 1 aliphatic rings. The van der Waals surface area contributed by atoms with Crippen LogP contribution in [0, 0.1) is 5.92 Å². The van der Waals surface area contributed by atoms with Crippen molar-refractivity contribution in [3.05, 3.63) is 16.5 Å². The van der Waals surface area contributed by atoms with E-state index in [4.69, 9.17) is 4.98 Å². The average molecular weight is 355 g/mol. The molecule has 4 nitrogen and oxygen atoms in total. The molecular formula is C16H27BrN4. The Morgan fingerprint density at radius 2 is 1.90 bits per heavy atom. The lowest BCUT2D eigenvalue weighted by Crippen LogP contribution is -2.36. The molecule has 0 aliphatic carbocycles. The molecule has 0 N–H and O–H groups in total. The number of nitrogens with zero attached hydrogens (tertiary/aromatic N) is 4. The van der Waals surface area contributed by atoms with E-state index in [2.05, 4.69) is 65.6 Å². The molecule has 0 unspecified atom stereocenters. The molecular weight excluding hydrogens is 328 g/mol. The van der Waals surface area contributed by atoms with Crippen molar-refractivity contribution in [2.24, 2.45) is 5.92 Å². The molecule has 1 fully saturated rings. The van der Waals surface area contributed by atoms with Crippen molar-refractivity contribution >= 4 is 21.7 Å². The summed E-state index contributed by atoms with van der Waals surface area (Å²) in [7, 11) is 4.34. The topological polar surface area (TPSA) is 32.3 Å². The van der Waals surface area contributed by atoms with Crippen LogP contribution in [-0.4, -0.2) is 48.6 Å². The maximum Gasteiger partial charge on any atom is 0.137 e. The van der Waals surface area contributed by atoms with E-state index in [0.717, 1.165) is 28.7 Å². The Kier molecular flexibility index (Phi) is 5.25. The molecule has 2 rings (SSSR count). The number of rotatable bonds is 3. The van der Waals surface area contributed by atoms with E-state index < -0.39 is 0 Å². The predicted molar refractivity (Wildman–Crippen MR) is 91.9 cm³/mol. The SMILES string of the molecule is CN1CCC(CN(C)c2cc(Br)nc(C(C)(C)C)n2)CC1. The second kappa shape index (κ2) is 6.61. The van der Waals surface area contributed by atoms with Crippen LogP contribution in [0.2, 0.25) is 0 Å². The Hall–Kier alpha value is -0.680. The minimum absolute atomic E-state index is 0.0348. The van der Waals surface area contributed by atoms with Gasteiger partial charge in [0.15, 0.2) is 0 Å². The normalized spacial score (nSPS) is 18.0. The number of hydrogen-bond donors (Lipinski definition) is 0. The third-order valence-electron chi connectivity index (χ3n) is 4.11. The van der Waals surface area contributed by atoms with Crippen molar-refractivity contribution < 1.29 is 0 Å². The average Bonchev–Trinajstić information content (AvgIpc) is 2.39. The number of hydrogen-bond acceptors (Lipinski definition) is 4. The summed E-state index contributed by atoms with van der Waals surface area (Å²) >= 11 is 3.52. The fourth-order valence-electron chi connectivity index (χ4n) is 2.66. The molecule has 21 heavy (non-hydrogen) atoms. The van der Waals surface area contributed by atoms with Crippen LogP contribution in [0.3, 0.4) is 0 Å². The first-order chi connectivity index (χ1) is 9.75. The molecule has 0 radical (unpaired) electrons. The van der Waals surface area contributed by atoms with E-state index in [9.17, 15) is 0 Å². The van der Waals surface area contributed by atoms with E-state index in [1.54, 1.807) is 0 Å². The molecule has 0 spiro atoms. The Balaban J connectivity index is 2.08. The molecule has 2 heterocycles. The number of halogens is 1. The highest BCUT2D eigenvalue weighted by Crippen LogP contribution is 2.25. The predicted octanol–water partition coefficient (Wildman–Crippen LogP) is 3.31. The first-order valence-electron chi connectivity index (χ1n) is 7.70. The van der Waals surface area contributed by atoms with Crippen LogP contribution in [0.25, 0.3) is 0 Å². The van der Waals surface area contributed by atoms with E-state index in [1.807, 2.05) is 6.07 Å². The summed E-state index contributed by atoms with van der Waals surface area (Å²) in [5.41, 5.74) is -0.0348. The van der Waals surface area contributed by atoms with Crippen LogP contribution in [0.1, 0.15) is 39.4 Å². The summed E-state index contributed by atoms with van der Waals surface area (Å²) in [5.74, 6) is 2.67. The second-order valence-corrected chi connectivity index (χ2v) is 8.06. The van der Waals surface area contributed by atoms with Crippen molar-refractivity contribution in [3.8, 4) is 0 Å². The van der Waals surface area contributed by atoms with Crippen molar-refractivity contribution in [2.45, 2.75) is 39.0 Å². The largest absolute Gasteiger partial charge is 0.359 e. The Bertz CT molecular complexity index is 476. The zero-order valence-electron chi connectivity index (χ0n) is 13.9. The summed E-state index contributed by atoms with van der Waals surface area (Å²) in [5, 5.41) is 0. The first kappa shape index (κ1) is 16.7. The van der Waals surface area contributed by atoms with Gasteiger partial charge in [0.2, 0.25) is 0 Å². The van der Waals surface area contributed by atoms with E-state index >= 15 is 0 Å². The maximum absolute atomic E-state index is 4.76. The molecule has 0 saturated carbocycles. The highest BCUT2D eigenvalue weighted by molar-refractivity contribution is 9.10. The lowest BCUT2D eigenvalue weighted by Gasteiger charge is -2.32. The molecule has 1 aromatic rings. The van der Waals surface area contributed by atoms with Gasteiger partial charge in [-0.1, -0.05) is 20.8 Å². The smallest absolute Gasteiger partial charge is 0.137 e. The first-order valence-corrected chi connectivity index (χ1v) is 8.50. The number of likely N-dealkylation sites (tertiary alicyclic amines) is 1. The number of piperidine rings is 1.